The average Bonchev–Trinajstić information content (AvgIpc) is 3.31. The Kier molecular flexibility index (Phi) is 4.71. The molecule has 140 valence electrons. The van der Waals surface area contributed by atoms with Crippen molar-refractivity contribution in [1.82, 2.24) is 18.7 Å². The summed E-state index contributed by atoms with van der Waals surface area (Å²) in [6, 6.07) is 5.00. The summed E-state index contributed by atoms with van der Waals surface area (Å²) in [6.45, 7) is 3.29. The fraction of sp³-hybridized carbons (Fsp3) is 0.125. The molecule has 0 saturated heterocycles. The molecule has 0 radical (unpaired) electrons. The van der Waals surface area contributed by atoms with Crippen molar-refractivity contribution in [2.75, 3.05) is 0 Å². The quantitative estimate of drug-likeness (QED) is 0.430. The van der Waals surface area contributed by atoms with Gasteiger partial charge in [0.15, 0.2) is 5.00 Å². The minimum absolute atomic E-state index is 0.129. The summed E-state index contributed by atoms with van der Waals surface area (Å²) in [4.78, 5) is 8.31. The van der Waals surface area contributed by atoms with E-state index in [1.54, 1.807) is 26.1 Å². The number of benzene rings is 1. The van der Waals surface area contributed by atoms with Crippen LogP contribution in [0.1, 0.15) is 11.4 Å². The van der Waals surface area contributed by atoms with Gasteiger partial charge in [0.25, 0.3) is 0 Å². The number of fused-ring (bicyclic) bond motifs is 1. The molecule has 10 nitrogen and oxygen atoms in total. The Morgan fingerprint density at radius 2 is 1.68 bits per heavy atom. The molecule has 0 unspecified atom stereocenters. The van der Waals surface area contributed by atoms with Crippen molar-refractivity contribution in [3.63, 3.8) is 0 Å². The zero-order valence-electron chi connectivity index (χ0n) is 14.6. The van der Waals surface area contributed by atoms with Gasteiger partial charge in [-0.15, -0.1) is 20.5 Å². The Balaban J connectivity index is 1.70. The van der Waals surface area contributed by atoms with Gasteiger partial charge in [-0.25, -0.2) is 4.98 Å². The number of phenols is 2. The van der Waals surface area contributed by atoms with E-state index in [2.05, 4.69) is 39.2 Å². The SMILES string of the molecule is Cc1nsc(N=Nc2cc(N=Nc3snc4cccnc34)c(O)c(C)c2O)n1. The van der Waals surface area contributed by atoms with Gasteiger partial charge in [-0.05, 0) is 37.5 Å². The first kappa shape index (κ1) is 18.0. The van der Waals surface area contributed by atoms with Crippen LogP contribution in [-0.2, 0) is 0 Å². The van der Waals surface area contributed by atoms with E-state index in [0.717, 1.165) is 28.6 Å². The van der Waals surface area contributed by atoms with Gasteiger partial charge in [-0.1, -0.05) is 0 Å². The third-order valence-electron chi connectivity index (χ3n) is 3.70. The molecule has 0 amide bonds. The fourth-order valence-corrected chi connectivity index (χ4v) is 3.43. The number of rotatable bonds is 4. The van der Waals surface area contributed by atoms with E-state index in [1.807, 2.05) is 6.07 Å². The van der Waals surface area contributed by atoms with Gasteiger partial charge >= 0.3 is 0 Å². The molecule has 0 fully saturated rings. The van der Waals surface area contributed by atoms with Gasteiger partial charge in [0.1, 0.15) is 39.7 Å². The molecule has 4 rings (SSSR count). The van der Waals surface area contributed by atoms with Gasteiger partial charge in [0.05, 0.1) is 0 Å². The van der Waals surface area contributed by atoms with Crippen LogP contribution in [0.5, 0.6) is 11.5 Å². The monoisotopic (exact) mass is 412 g/mol. The van der Waals surface area contributed by atoms with Crippen molar-refractivity contribution in [2.45, 2.75) is 13.8 Å². The first-order chi connectivity index (χ1) is 13.5. The standard InChI is InChI=1S/C16H12N8O2S2/c1-7-13(25)10(19-21-15-12-9(24-27-15)4-3-5-17-12)6-11(14(7)26)20-22-16-18-8(2)23-28-16/h3-6,25-26H,1-2H3. The molecular formula is C16H12N8O2S2. The molecule has 0 atom stereocenters. The highest BCUT2D eigenvalue weighted by Gasteiger charge is 2.15. The fourth-order valence-electron chi connectivity index (χ4n) is 2.27. The lowest BCUT2D eigenvalue weighted by Crippen LogP contribution is -1.79. The Morgan fingerprint density at radius 1 is 0.929 bits per heavy atom. The van der Waals surface area contributed by atoms with E-state index in [-0.39, 0.29) is 28.4 Å². The van der Waals surface area contributed by atoms with Gasteiger partial charge in [-0.3, -0.25) is 4.98 Å². The van der Waals surface area contributed by atoms with Gasteiger partial charge in [0, 0.05) is 29.4 Å². The second kappa shape index (κ2) is 7.32. The third-order valence-corrected chi connectivity index (χ3v) is 5.12. The number of hydrogen-bond acceptors (Lipinski definition) is 12. The third kappa shape index (κ3) is 3.42. The highest BCUT2D eigenvalue weighted by Crippen LogP contribution is 2.44. The Hall–Kier alpha value is -3.38. The molecule has 28 heavy (non-hydrogen) atoms. The first-order valence-corrected chi connectivity index (χ1v) is 9.47. The molecule has 0 spiro atoms. The van der Waals surface area contributed by atoms with Crippen molar-refractivity contribution in [3.8, 4) is 11.5 Å². The lowest BCUT2D eigenvalue weighted by Gasteiger charge is -2.06. The normalized spacial score (nSPS) is 11.9. The summed E-state index contributed by atoms with van der Waals surface area (Å²) >= 11 is 2.24. The van der Waals surface area contributed by atoms with Crippen molar-refractivity contribution in [1.29, 1.82) is 0 Å². The lowest BCUT2D eigenvalue weighted by molar-refractivity contribution is 0.445. The van der Waals surface area contributed by atoms with Crippen LogP contribution in [0.3, 0.4) is 0 Å². The van der Waals surface area contributed by atoms with Crippen molar-refractivity contribution in [2.24, 2.45) is 20.5 Å². The van der Waals surface area contributed by atoms with Gasteiger partial charge in [-0.2, -0.15) is 8.75 Å². The number of pyridine rings is 1. The summed E-state index contributed by atoms with van der Waals surface area (Å²) in [5.74, 6) is 0.185. The molecule has 0 aliphatic carbocycles. The van der Waals surface area contributed by atoms with Crippen LogP contribution in [0.2, 0.25) is 0 Å². The van der Waals surface area contributed by atoms with Crippen LogP contribution >= 0.6 is 23.1 Å². The van der Waals surface area contributed by atoms with E-state index in [4.69, 9.17) is 0 Å². The summed E-state index contributed by atoms with van der Waals surface area (Å²) in [5, 5.41) is 37.6. The van der Waals surface area contributed by atoms with Crippen LogP contribution in [0.4, 0.5) is 21.5 Å². The second-order valence-corrected chi connectivity index (χ2v) is 7.10. The van der Waals surface area contributed by atoms with E-state index in [1.165, 1.54) is 6.07 Å². The van der Waals surface area contributed by atoms with E-state index < -0.39 is 0 Å². The van der Waals surface area contributed by atoms with Crippen LogP contribution in [0, 0.1) is 13.8 Å². The van der Waals surface area contributed by atoms with Crippen LogP contribution in [0.15, 0.2) is 44.9 Å². The van der Waals surface area contributed by atoms with Crippen LogP contribution < -0.4 is 0 Å². The molecule has 12 heteroatoms. The van der Waals surface area contributed by atoms with Crippen molar-refractivity contribution in [3.05, 3.63) is 35.8 Å². The number of aryl methyl sites for hydroxylation is 1. The molecule has 0 saturated carbocycles. The summed E-state index contributed by atoms with van der Waals surface area (Å²) in [5.41, 5.74) is 1.82. The molecule has 0 aliphatic rings. The largest absolute Gasteiger partial charge is 0.505 e. The highest BCUT2D eigenvalue weighted by molar-refractivity contribution is 7.11. The predicted molar refractivity (Wildman–Crippen MR) is 105 cm³/mol. The molecule has 0 bridgehead atoms. The summed E-state index contributed by atoms with van der Waals surface area (Å²) < 4.78 is 8.26. The number of phenolic OH excluding ortho intramolecular Hbond substituents is 2. The number of hydrogen-bond donors (Lipinski definition) is 2. The Labute approximate surface area is 166 Å². The topological polar surface area (TPSA) is 141 Å². The summed E-state index contributed by atoms with van der Waals surface area (Å²) in [6.07, 6.45) is 1.64. The first-order valence-electron chi connectivity index (χ1n) is 7.92. The maximum absolute atomic E-state index is 10.3. The molecule has 2 N–H and O–H groups in total. The molecular weight excluding hydrogens is 400 g/mol. The number of aromatic hydroxyl groups is 2. The molecule has 3 heterocycles. The van der Waals surface area contributed by atoms with E-state index >= 15 is 0 Å². The maximum Gasteiger partial charge on any atom is 0.249 e. The number of nitrogens with zero attached hydrogens (tertiary/aromatic N) is 8. The Bertz CT molecular complexity index is 1230. The number of aromatic nitrogens is 4. The van der Waals surface area contributed by atoms with Crippen LogP contribution in [-0.4, -0.2) is 28.9 Å². The zero-order chi connectivity index (χ0) is 19.7. The highest BCUT2D eigenvalue weighted by atomic mass is 32.1. The molecule has 0 aliphatic heterocycles. The summed E-state index contributed by atoms with van der Waals surface area (Å²) in [7, 11) is 0. The Morgan fingerprint density at radius 3 is 2.39 bits per heavy atom. The van der Waals surface area contributed by atoms with Gasteiger partial charge < -0.3 is 10.2 Å². The smallest absolute Gasteiger partial charge is 0.249 e. The molecule has 3 aromatic heterocycles. The minimum atomic E-state index is -0.202. The lowest BCUT2D eigenvalue weighted by atomic mass is 10.1. The molecule has 4 aromatic rings. The number of azo groups is 2. The predicted octanol–water partition coefficient (Wildman–Crippen LogP) is 5.40. The van der Waals surface area contributed by atoms with Crippen molar-refractivity contribution < 1.29 is 10.2 Å². The molecule has 1 aromatic carbocycles. The van der Waals surface area contributed by atoms with E-state index in [0.29, 0.717) is 21.5 Å². The minimum Gasteiger partial charge on any atom is -0.505 e. The second-order valence-electron chi connectivity index (χ2n) is 5.62. The average molecular weight is 412 g/mol. The van der Waals surface area contributed by atoms with Crippen molar-refractivity contribution >= 4 is 55.6 Å². The maximum atomic E-state index is 10.3. The van der Waals surface area contributed by atoms with Gasteiger partial charge in [0.2, 0.25) is 5.13 Å². The van der Waals surface area contributed by atoms with E-state index in [9.17, 15) is 10.2 Å². The van der Waals surface area contributed by atoms with Crippen LogP contribution in [0.25, 0.3) is 11.0 Å². The zero-order valence-corrected chi connectivity index (χ0v) is 16.2.